The van der Waals surface area contributed by atoms with Gasteiger partial charge in [0.2, 0.25) is 0 Å². The summed E-state index contributed by atoms with van der Waals surface area (Å²) in [5.41, 5.74) is 0. The van der Waals surface area contributed by atoms with Crippen LogP contribution in [0.25, 0.3) is 0 Å². The zero-order valence-electron chi connectivity index (χ0n) is 8.27. The van der Waals surface area contributed by atoms with Crippen molar-refractivity contribution in [1.29, 1.82) is 0 Å². The highest BCUT2D eigenvalue weighted by atomic mass is 16.5. The molecule has 0 unspecified atom stereocenters. The van der Waals surface area contributed by atoms with Crippen LogP contribution in [0.2, 0.25) is 0 Å². The Hall–Kier alpha value is -1.99. The second kappa shape index (κ2) is 6.46. The molecule has 0 spiro atoms. The predicted octanol–water partition coefficient (Wildman–Crippen LogP) is -0.848. The number of carbonyl (C=O) groups is 3. The van der Waals surface area contributed by atoms with Crippen molar-refractivity contribution in [3.63, 3.8) is 0 Å². The van der Waals surface area contributed by atoms with Gasteiger partial charge in [0, 0.05) is 0 Å². The summed E-state index contributed by atoms with van der Waals surface area (Å²) in [6.07, 6.45) is -1.68. The SMILES string of the molecule is COC(=O)NC[C@H](NC(=O)OC)C(=O)O. The number of methoxy groups -OCH3 is 2. The second-order valence-electron chi connectivity index (χ2n) is 2.40. The Morgan fingerprint density at radius 3 is 2.13 bits per heavy atom. The lowest BCUT2D eigenvalue weighted by molar-refractivity contribution is -0.139. The largest absolute Gasteiger partial charge is 0.480 e. The Balaban J connectivity index is 4.11. The number of amides is 2. The number of carboxylic acid groups (broad SMARTS) is 1. The maximum absolute atomic E-state index is 10.7. The molecule has 0 aromatic carbocycles. The summed E-state index contributed by atoms with van der Waals surface area (Å²) in [5.74, 6) is -1.29. The molecule has 0 aliphatic carbocycles. The smallest absolute Gasteiger partial charge is 0.407 e. The summed E-state index contributed by atoms with van der Waals surface area (Å²) in [7, 11) is 2.24. The third-order valence-electron chi connectivity index (χ3n) is 1.41. The van der Waals surface area contributed by atoms with Crippen molar-refractivity contribution in [1.82, 2.24) is 10.6 Å². The Bertz CT molecular complexity index is 254. The molecule has 0 aromatic heterocycles. The summed E-state index contributed by atoms with van der Waals surface area (Å²) in [6, 6.07) is -1.27. The molecule has 0 bridgehead atoms. The third kappa shape index (κ3) is 5.34. The Morgan fingerprint density at radius 2 is 1.73 bits per heavy atom. The zero-order valence-corrected chi connectivity index (χ0v) is 8.27. The van der Waals surface area contributed by atoms with E-state index in [2.05, 4.69) is 14.8 Å². The van der Waals surface area contributed by atoms with Gasteiger partial charge in [-0.3, -0.25) is 0 Å². The number of hydrogen-bond acceptors (Lipinski definition) is 5. The van der Waals surface area contributed by atoms with Crippen molar-refractivity contribution in [2.75, 3.05) is 20.8 Å². The van der Waals surface area contributed by atoms with E-state index >= 15 is 0 Å². The van der Waals surface area contributed by atoms with E-state index in [-0.39, 0.29) is 6.54 Å². The third-order valence-corrected chi connectivity index (χ3v) is 1.41. The maximum Gasteiger partial charge on any atom is 0.407 e. The first-order chi connectivity index (χ1) is 7.01. The monoisotopic (exact) mass is 220 g/mol. The van der Waals surface area contributed by atoms with Crippen LogP contribution in [0.4, 0.5) is 9.59 Å². The minimum absolute atomic E-state index is 0.295. The Labute approximate surface area is 85.5 Å². The summed E-state index contributed by atoms with van der Waals surface area (Å²) in [6.45, 7) is -0.295. The van der Waals surface area contributed by atoms with Gasteiger partial charge in [-0.2, -0.15) is 0 Å². The molecule has 0 aliphatic heterocycles. The van der Waals surface area contributed by atoms with Crippen molar-refractivity contribution in [2.45, 2.75) is 6.04 Å². The second-order valence-corrected chi connectivity index (χ2v) is 2.40. The van der Waals surface area contributed by atoms with Gasteiger partial charge in [0.1, 0.15) is 6.04 Å². The van der Waals surface area contributed by atoms with Gasteiger partial charge in [0.25, 0.3) is 0 Å². The molecule has 0 radical (unpaired) electrons. The number of nitrogens with one attached hydrogen (secondary N) is 2. The van der Waals surface area contributed by atoms with Crippen LogP contribution in [0.5, 0.6) is 0 Å². The van der Waals surface area contributed by atoms with Crippen LogP contribution in [0.1, 0.15) is 0 Å². The number of carboxylic acids is 1. The van der Waals surface area contributed by atoms with Gasteiger partial charge in [-0.05, 0) is 0 Å². The highest BCUT2D eigenvalue weighted by Crippen LogP contribution is 1.85. The first-order valence-electron chi connectivity index (χ1n) is 3.90. The number of ether oxygens (including phenoxy) is 2. The molecule has 0 saturated heterocycles. The van der Waals surface area contributed by atoms with Crippen LogP contribution in [0.15, 0.2) is 0 Å². The van der Waals surface area contributed by atoms with E-state index in [1.54, 1.807) is 0 Å². The molecule has 2 amide bonds. The summed E-state index contributed by atoms with van der Waals surface area (Å²) < 4.78 is 8.43. The number of carbonyl (C=O) groups excluding carboxylic acids is 2. The molecule has 86 valence electrons. The maximum atomic E-state index is 10.7. The quantitative estimate of drug-likeness (QED) is 0.568. The lowest BCUT2D eigenvalue weighted by Crippen LogP contribution is -2.48. The summed E-state index contributed by atoms with van der Waals surface area (Å²) in [4.78, 5) is 31.9. The van der Waals surface area contributed by atoms with Gasteiger partial charge >= 0.3 is 18.2 Å². The minimum atomic E-state index is -1.29. The fourth-order valence-corrected chi connectivity index (χ4v) is 0.659. The molecule has 0 fully saturated rings. The van der Waals surface area contributed by atoms with Gasteiger partial charge in [0.05, 0.1) is 20.8 Å². The van der Waals surface area contributed by atoms with E-state index in [0.29, 0.717) is 0 Å². The molecule has 0 rings (SSSR count). The van der Waals surface area contributed by atoms with Crippen molar-refractivity contribution >= 4 is 18.2 Å². The molecule has 0 saturated carbocycles. The minimum Gasteiger partial charge on any atom is -0.480 e. The Kier molecular flexibility index (Phi) is 5.60. The zero-order chi connectivity index (χ0) is 11.8. The van der Waals surface area contributed by atoms with Crippen LogP contribution >= 0.6 is 0 Å². The van der Waals surface area contributed by atoms with Crippen LogP contribution in [-0.4, -0.2) is 50.1 Å². The van der Waals surface area contributed by atoms with Crippen molar-refractivity contribution in [3.05, 3.63) is 0 Å². The first-order valence-corrected chi connectivity index (χ1v) is 3.90. The van der Waals surface area contributed by atoms with Crippen molar-refractivity contribution in [3.8, 4) is 0 Å². The fourth-order valence-electron chi connectivity index (χ4n) is 0.659. The van der Waals surface area contributed by atoms with Crippen LogP contribution in [-0.2, 0) is 14.3 Å². The van der Waals surface area contributed by atoms with E-state index in [0.717, 1.165) is 14.2 Å². The lowest BCUT2D eigenvalue weighted by Gasteiger charge is -2.13. The molecule has 0 heterocycles. The predicted molar refractivity (Wildman–Crippen MR) is 47.4 cm³/mol. The summed E-state index contributed by atoms with van der Waals surface area (Å²) >= 11 is 0. The van der Waals surface area contributed by atoms with E-state index in [1.807, 2.05) is 5.32 Å². The molecular formula is C7H12N2O6. The normalized spacial score (nSPS) is 11.1. The van der Waals surface area contributed by atoms with Gasteiger partial charge in [-0.25, -0.2) is 14.4 Å². The topological polar surface area (TPSA) is 114 Å². The van der Waals surface area contributed by atoms with Gasteiger partial charge in [0.15, 0.2) is 0 Å². The molecule has 8 heteroatoms. The molecular weight excluding hydrogens is 208 g/mol. The molecule has 15 heavy (non-hydrogen) atoms. The Morgan fingerprint density at radius 1 is 1.20 bits per heavy atom. The van der Waals surface area contributed by atoms with Crippen LogP contribution in [0.3, 0.4) is 0 Å². The highest BCUT2D eigenvalue weighted by molar-refractivity contribution is 5.80. The summed E-state index contributed by atoms with van der Waals surface area (Å²) in [5, 5.41) is 12.8. The van der Waals surface area contributed by atoms with E-state index in [1.165, 1.54) is 0 Å². The van der Waals surface area contributed by atoms with Gasteiger partial charge in [-0.1, -0.05) is 0 Å². The molecule has 0 aromatic rings. The van der Waals surface area contributed by atoms with Gasteiger partial charge in [-0.15, -0.1) is 0 Å². The lowest BCUT2D eigenvalue weighted by atomic mass is 10.3. The van der Waals surface area contributed by atoms with Crippen molar-refractivity contribution in [2.24, 2.45) is 0 Å². The van der Waals surface area contributed by atoms with Crippen LogP contribution < -0.4 is 10.6 Å². The van der Waals surface area contributed by atoms with Crippen molar-refractivity contribution < 1.29 is 29.0 Å². The number of hydrogen-bond donors (Lipinski definition) is 3. The average molecular weight is 220 g/mol. The molecule has 3 N–H and O–H groups in total. The standard InChI is InChI=1S/C7H12N2O6/c1-14-6(12)8-3-4(5(10)11)9-7(13)15-2/h4H,3H2,1-2H3,(H,8,12)(H,9,13)(H,10,11)/t4-/m0/s1. The fraction of sp³-hybridized carbons (Fsp3) is 0.571. The number of aliphatic carboxylic acids is 1. The van der Waals surface area contributed by atoms with E-state index in [4.69, 9.17) is 5.11 Å². The average Bonchev–Trinajstić information content (AvgIpc) is 2.22. The van der Waals surface area contributed by atoms with Crippen LogP contribution in [0, 0.1) is 0 Å². The van der Waals surface area contributed by atoms with E-state index in [9.17, 15) is 14.4 Å². The first kappa shape index (κ1) is 13.0. The van der Waals surface area contributed by atoms with Gasteiger partial charge < -0.3 is 25.2 Å². The molecule has 8 nitrogen and oxygen atoms in total. The van der Waals surface area contributed by atoms with E-state index < -0.39 is 24.2 Å². The number of rotatable bonds is 4. The highest BCUT2D eigenvalue weighted by Gasteiger charge is 2.20. The molecule has 1 atom stereocenters. The number of alkyl carbamates (subject to hydrolysis) is 2. The molecule has 0 aliphatic rings.